The van der Waals surface area contributed by atoms with Gasteiger partial charge in [0.05, 0.1) is 22.3 Å². The number of ketones is 1. The fourth-order valence-electron chi connectivity index (χ4n) is 3.09. The topological polar surface area (TPSA) is 59.1 Å². The Kier molecular flexibility index (Phi) is 4.60. The van der Waals surface area contributed by atoms with Gasteiger partial charge < -0.3 is 9.47 Å². The van der Waals surface area contributed by atoms with Crippen LogP contribution in [-0.2, 0) is 11.3 Å². The summed E-state index contributed by atoms with van der Waals surface area (Å²) in [6.07, 6.45) is 0. The van der Waals surface area contributed by atoms with Crippen molar-refractivity contribution in [2.45, 2.75) is 13.5 Å². The summed E-state index contributed by atoms with van der Waals surface area (Å²) >= 11 is 7.51. The van der Waals surface area contributed by atoms with Crippen LogP contribution in [0.4, 0.5) is 5.69 Å². The van der Waals surface area contributed by atoms with Crippen molar-refractivity contribution in [2.24, 2.45) is 0 Å². The van der Waals surface area contributed by atoms with E-state index in [4.69, 9.17) is 21.1 Å². The average molecular weight is 393 g/mol. The molecule has 136 valence electrons. The Morgan fingerprint density at radius 2 is 1.92 bits per heavy atom. The summed E-state index contributed by atoms with van der Waals surface area (Å²) in [6.45, 7) is 4.61. The zero-order chi connectivity index (χ0) is 18.3. The van der Waals surface area contributed by atoms with E-state index in [1.165, 1.54) is 16.2 Å². The predicted octanol–water partition coefficient (Wildman–Crippen LogP) is 3.18. The normalized spacial score (nSPS) is 15.7. The number of benzene rings is 1. The van der Waals surface area contributed by atoms with E-state index in [1.54, 1.807) is 12.1 Å². The molecule has 0 bridgehead atoms. The molecule has 2 aliphatic rings. The highest BCUT2D eigenvalue weighted by Gasteiger charge is 2.38. The number of nitrogens with zero attached hydrogens (tertiary/aromatic N) is 2. The molecule has 0 fully saturated rings. The number of anilines is 1. The van der Waals surface area contributed by atoms with Gasteiger partial charge in [-0.05, 0) is 24.7 Å². The van der Waals surface area contributed by atoms with E-state index in [2.05, 4.69) is 4.90 Å². The van der Waals surface area contributed by atoms with Crippen LogP contribution in [0.1, 0.15) is 22.2 Å². The number of carbonyl (C=O) groups excluding carboxylic acids is 2. The lowest BCUT2D eigenvalue weighted by molar-refractivity contribution is -0.114. The molecule has 0 radical (unpaired) electrons. The average Bonchev–Trinajstić information content (AvgIpc) is 3.16. The maximum atomic E-state index is 12.5. The van der Waals surface area contributed by atoms with Crippen molar-refractivity contribution in [3.05, 3.63) is 39.0 Å². The first-order chi connectivity index (χ1) is 12.6. The maximum absolute atomic E-state index is 12.5. The molecular formula is C18H17ClN2O4S. The Bertz CT molecular complexity index is 882. The Morgan fingerprint density at radius 3 is 2.58 bits per heavy atom. The van der Waals surface area contributed by atoms with Crippen molar-refractivity contribution >= 4 is 40.3 Å². The van der Waals surface area contributed by atoms with E-state index in [1.807, 2.05) is 19.1 Å². The highest BCUT2D eigenvalue weighted by atomic mass is 35.5. The second-order valence-corrected chi connectivity index (χ2v) is 7.87. The Balaban J connectivity index is 1.60. The first kappa shape index (κ1) is 17.3. The molecule has 2 aliphatic heterocycles. The fraction of sp³-hybridized carbons (Fsp3) is 0.333. The monoisotopic (exact) mass is 392 g/mol. The molecule has 0 aliphatic carbocycles. The number of carbonyl (C=O) groups is 2. The largest absolute Gasteiger partial charge is 0.486 e. The van der Waals surface area contributed by atoms with E-state index < -0.39 is 11.7 Å². The summed E-state index contributed by atoms with van der Waals surface area (Å²) in [5.74, 6) is 0.0476. The minimum Gasteiger partial charge on any atom is -0.486 e. The minimum absolute atomic E-state index is 0.323. The van der Waals surface area contributed by atoms with Gasteiger partial charge in [-0.15, -0.1) is 11.3 Å². The highest BCUT2D eigenvalue weighted by molar-refractivity contribution is 7.16. The van der Waals surface area contributed by atoms with Crippen LogP contribution in [0.5, 0.6) is 11.5 Å². The Labute approximate surface area is 159 Å². The molecule has 0 unspecified atom stereocenters. The van der Waals surface area contributed by atoms with Crippen LogP contribution in [0.25, 0.3) is 0 Å². The summed E-state index contributed by atoms with van der Waals surface area (Å²) in [6, 6.07) is 7.17. The molecule has 1 amide bonds. The van der Waals surface area contributed by atoms with Gasteiger partial charge >= 0.3 is 5.91 Å². The second kappa shape index (κ2) is 6.90. The van der Waals surface area contributed by atoms with E-state index in [-0.39, 0.29) is 0 Å². The number of amides is 1. The second-order valence-electron chi connectivity index (χ2n) is 6.07. The van der Waals surface area contributed by atoms with E-state index in [9.17, 15) is 9.59 Å². The standard InChI is InChI=1S/C18H17ClN2O4S/c1-2-20(9-11-3-4-16(19)26-11)10-21-13-8-15-14(24-5-6-25-15)7-12(13)17(22)18(21)23/h3-4,7-8H,2,5-6,9-10H2,1H3. The number of thiophene rings is 1. The van der Waals surface area contributed by atoms with Crippen molar-refractivity contribution in [1.29, 1.82) is 0 Å². The van der Waals surface area contributed by atoms with Gasteiger partial charge in [0.1, 0.15) is 13.2 Å². The van der Waals surface area contributed by atoms with Gasteiger partial charge in [-0.3, -0.25) is 19.4 Å². The maximum Gasteiger partial charge on any atom is 0.300 e. The molecule has 0 saturated carbocycles. The molecule has 4 rings (SSSR count). The number of hydrogen-bond donors (Lipinski definition) is 0. The van der Waals surface area contributed by atoms with Gasteiger partial charge in [-0.2, -0.15) is 0 Å². The molecule has 2 aromatic rings. The van der Waals surface area contributed by atoms with Gasteiger partial charge in [-0.1, -0.05) is 18.5 Å². The molecule has 0 atom stereocenters. The Morgan fingerprint density at radius 1 is 1.19 bits per heavy atom. The van der Waals surface area contributed by atoms with Crippen LogP contribution in [-0.4, -0.2) is 43.0 Å². The first-order valence-electron chi connectivity index (χ1n) is 8.33. The number of rotatable bonds is 5. The lowest BCUT2D eigenvalue weighted by Gasteiger charge is -2.27. The predicted molar refractivity (Wildman–Crippen MR) is 99.5 cm³/mol. The van der Waals surface area contributed by atoms with Gasteiger partial charge in [0.15, 0.2) is 11.5 Å². The molecule has 0 N–H and O–H groups in total. The zero-order valence-corrected chi connectivity index (χ0v) is 15.7. The van der Waals surface area contributed by atoms with Crippen LogP contribution in [0, 0.1) is 0 Å². The van der Waals surface area contributed by atoms with Gasteiger partial charge in [0.2, 0.25) is 0 Å². The summed E-state index contributed by atoms with van der Waals surface area (Å²) in [7, 11) is 0. The third-order valence-electron chi connectivity index (χ3n) is 4.43. The van der Waals surface area contributed by atoms with Crippen molar-refractivity contribution in [2.75, 3.05) is 31.3 Å². The van der Waals surface area contributed by atoms with Crippen LogP contribution >= 0.6 is 22.9 Å². The lowest BCUT2D eigenvalue weighted by Crippen LogP contribution is -2.40. The van der Waals surface area contributed by atoms with Gasteiger partial charge in [-0.25, -0.2) is 0 Å². The zero-order valence-electron chi connectivity index (χ0n) is 14.2. The smallest absolute Gasteiger partial charge is 0.300 e. The van der Waals surface area contributed by atoms with Gasteiger partial charge in [0.25, 0.3) is 5.78 Å². The summed E-state index contributed by atoms with van der Waals surface area (Å²) < 4.78 is 11.9. The lowest BCUT2D eigenvalue weighted by atomic mass is 10.1. The molecule has 1 aromatic heterocycles. The van der Waals surface area contributed by atoms with Crippen LogP contribution in [0.3, 0.4) is 0 Å². The molecule has 6 nitrogen and oxygen atoms in total. The van der Waals surface area contributed by atoms with E-state index in [0.29, 0.717) is 49.2 Å². The number of hydrogen-bond acceptors (Lipinski definition) is 6. The Hall–Kier alpha value is -2.09. The summed E-state index contributed by atoms with van der Waals surface area (Å²) in [5.41, 5.74) is 0.946. The molecule has 0 spiro atoms. The van der Waals surface area contributed by atoms with Crippen LogP contribution < -0.4 is 14.4 Å². The minimum atomic E-state index is -0.523. The highest BCUT2D eigenvalue weighted by Crippen LogP contribution is 2.40. The summed E-state index contributed by atoms with van der Waals surface area (Å²) in [5, 5.41) is 0. The van der Waals surface area contributed by atoms with Crippen molar-refractivity contribution in [1.82, 2.24) is 4.90 Å². The van der Waals surface area contributed by atoms with Crippen molar-refractivity contribution < 1.29 is 19.1 Å². The number of ether oxygens (including phenoxy) is 2. The van der Waals surface area contributed by atoms with E-state index >= 15 is 0 Å². The van der Waals surface area contributed by atoms with Crippen LogP contribution in [0.15, 0.2) is 24.3 Å². The molecule has 3 heterocycles. The molecule has 1 aromatic carbocycles. The van der Waals surface area contributed by atoms with Crippen molar-refractivity contribution in [3.63, 3.8) is 0 Å². The number of fused-ring (bicyclic) bond motifs is 2. The third-order valence-corrected chi connectivity index (χ3v) is 5.65. The molecular weight excluding hydrogens is 376 g/mol. The fourth-order valence-corrected chi connectivity index (χ4v) is 4.22. The SMILES string of the molecule is CCN(Cc1ccc(Cl)s1)CN1C(=O)C(=O)c2cc3c(cc21)OCCO3. The van der Waals surface area contributed by atoms with E-state index in [0.717, 1.165) is 15.8 Å². The molecule has 0 saturated heterocycles. The van der Waals surface area contributed by atoms with Crippen LogP contribution in [0.2, 0.25) is 4.34 Å². The third kappa shape index (κ3) is 3.06. The summed E-state index contributed by atoms with van der Waals surface area (Å²) in [4.78, 5) is 29.6. The quantitative estimate of drug-likeness (QED) is 0.731. The first-order valence-corrected chi connectivity index (χ1v) is 9.52. The number of halogens is 1. The van der Waals surface area contributed by atoms with Crippen molar-refractivity contribution in [3.8, 4) is 11.5 Å². The molecule has 26 heavy (non-hydrogen) atoms. The van der Waals surface area contributed by atoms with Gasteiger partial charge in [0, 0.05) is 17.5 Å². The molecule has 8 heteroatoms. The number of Topliss-reactive ketones (excluding diaryl/α,β-unsaturated/α-hetero) is 1.